The number of aryl methyl sites for hydroxylation is 1. The Morgan fingerprint density at radius 2 is 1.77 bits per heavy atom. The Labute approximate surface area is 260 Å². The molecule has 0 aliphatic rings. The average Bonchev–Trinajstić information content (AvgIpc) is 2.94. The summed E-state index contributed by atoms with van der Waals surface area (Å²) >= 11 is 6.22. The molecule has 0 aliphatic carbocycles. The number of sulfonamides is 1. The number of amides is 2. The van der Waals surface area contributed by atoms with Crippen LogP contribution in [0.5, 0.6) is 5.75 Å². The van der Waals surface area contributed by atoms with E-state index in [2.05, 4.69) is 5.32 Å². The zero-order chi connectivity index (χ0) is 33.0. The largest absolute Gasteiger partial charge is 0.495 e. The van der Waals surface area contributed by atoms with Crippen LogP contribution in [0.15, 0.2) is 65.6 Å². The molecular weight excluding hydrogens is 615 g/mol. The lowest BCUT2D eigenvalue weighted by atomic mass is 10.1. The van der Waals surface area contributed by atoms with Crippen molar-refractivity contribution in [3.63, 3.8) is 0 Å². The molecule has 1 atom stereocenters. The number of methoxy groups -OCH3 is 1. The van der Waals surface area contributed by atoms with Gasteiger partial charge >= 0.3 is 0 Å². The van der Waals surface area contributed by atoms with Crippen molar-refractivity contribution in [1.82, 2.24) is 10.2 Å². The second kappa shape index (κ2) is 13.6. The Kier molecular flexibility index (Phi) is 10.6. The molecule has 14 heteroatoms. The van der Waals surface area contributed by atoms with Gasteiger partial charge in [-0.25, -0.2) is 12.8 Å². The number of carbonyl (C=O) groups is 2. The topological polar surface area (TPSA) is 139 Å². The highest BCUT2D eigenvalue weighted by Gasteiger charge is 2.35. The number of benzene rings is 3. The highest BCUT2D eigenvalue weighted by Crippen LogP contribution is 2.36. The molecular formula is C30H34ClFN4O7S. The first-order valence-corrected chi connectivity index (χ1v) is 15.2. The van der Waals surface area contributed by atoms with Gasteiger partial charge in [0.15, 0.2) is 0 Å². The van der Waals surface area contributed by atoms with E-state index in [1.165, 1.54) is 69.5 Å². The van der Waals surface area contributed by atoms with Gasteiger partial charge in [0, 0.05) is 34.3 Å². The van der Waals surface area contributed by atoms with Gasteiger partial charge < -0.3 is 15.0 Å². The summed E-state index contributed by atoms with van der Waals surface area (Å²) in [6.45, 7) is 6.91. The van der Waals surface area contributed by atoms with E-state index in [4.69, 9.17) is 16.3 Å². The normalized spacial score (nSPS) is 12.3. The molecule has 0 heterocycles. The second-order valence-electron chi connectivity index (χ2n) is 11.1. The third kappa shape index (κ3) is 8.03. The van der Waals surface area contributed by atoms with Crippen molar-refractivity contribution < 1.29 is 32.1 Å². The Bertz CT molecular complexity index is 1680. The summed E-state index contributed by atoms with van der Waals surface area (Å²) in [5, 5.41) is 14.5. The summed E-state index contributed by atoms with van der Waals surface area (Å²) in [7, 11) is -3.40. The lowest BCUT2D eigenvalue weighted by molar-refractivity contribution is -0.385. The van der Waals surface area contributed by atoms with Crippen molar-refractivity contribution in [2.24, 2.45) is 0 Å². The molecule has 44 heavy (non-hydrogen) atoms. The van der Waals surface area contributed by atoms with Gasteiger partial charge in [-0.1, -0.05) is 35.9 Å². The monoisotopic (exact) mass is 648 g/mol. The maximum Gasteiger partial charge on any atom is 0.273 e. The summed E-state index contributed by atoms with van der Waals surface area (Å²) in [5.74, 6) is -2.00. The van der Waals surface area contributed by atoms with Crippen LogP contribution in [0.1, 0.15) is 38.8 Å². The molecule has 0 saturated carbocycles. The minimum atomic E-state index is -4.69. The first-order valence-electron chi connectivity index (χ1n) is 13.4. The second-order valence-corrected chi connectivity index (χ2v) is 13.4. The first kappa shape index (κ1) is 34.3. The molecule has 0 saturated heterocycles. The van der Waals surface area contributed by atoms with Gasteiger partial charge in [-0.3, -0.25) is 24.0 Å². The molecule has 1 N–H and O–H groups in total. The molecule has 0 unspecified atom stereocenters. The van der Waals surface area contributed by atoms with Crippen LogP contribution in [0.4, 0.5) is 15.8 Å². The van der Waals surface area contributed by atoms with Crippen LogP contribution in [-0.4, -0.2) is 55.3 Å². The van der Waals surface area contributed by atoms with Gasteiger partial charge in [-0.2, -0.15) is 0 Å². The maximum atomic E-state index is 14.7. The number of hydrogen-bond acceptors (Lipinski definition) is 7. The van der Waals surface area contributed by atoms with Crippen LogP contribution >= 0.6 is 11.6 Å². The standard InChI is InChI=1S/C30H34ClFN4O7S/c1-19-11-13-23(16-25(19)36(39)40)44(41,42)35(26-15-22(31)12-14-27(26)43-6)18-28(37)34(17-21-9-7-8-10-24(21)32)20(2)29(38)33-30(3,4)5/h7-16,20H,17-18H2,1-6H3,(H,33,38)/t20-/m0/s1. The number of nitrogens with one attached hydrogen (secondary N) is 1. The highest BCUT2D eigenvalue weighted by atomic mass is 35.5. The van der Waals surface area contributed by atoms with Gasteiger partial charge in [0.1, 0.15) is 24.2 Å². The van der Waals surface area contributed by atoms with Crippen LogP contribution in [0.3, 0.4) is 0 Å². The Hall–Kier alpha value is -4.23. The molecule has 0 aliphatic heterocycles. The summed E-state index contributed by atoms with van der Waals surface area (Å²) < 4.78 is 49.1. The van der Waals surface area contributed by atoms with E-state index in [1.54, 1.807) is 26.8 Å². The summed E-state index contributed by atoms with van der Waals surface area (Å²) in [4.78, 5) is 38.8. The van der Waals surface area contributed by atoms with Crippen LogP contribution in [0.2, 0.25) is 5.02 Å². The van der Waals surface area contributed by atoms with Crippen molar-refractivity contribution in [2.75, 3.05) is 18.0 Å². The molecule has 0 aromatic heterocycles. The molecule has 0 spiro atoms. The van der Waals surface area contributed by atoms with E-state index in [1.807, 2.05) is 0 Å². The summed E-state index contributed by atoms with van der Waals surface area (Å²) in [6.07, 6.45) is 0. The number of nitrogens with zero attached hydrogens (tertiary/aromatic N) is 3. The molecule has 3 rings (SSSR count). The molecule has 3 aromatic carbocycles. The van der Waals surface area contributed by atoms with E-state index in [0.717, 1.165) is 11.0 Å². The summed E-state index contributed by atoms with van der Waals surface area (Å²) in [5.41, 5.74) is -0.910. The lowest BCUT2D eigenvalue weighted by Gasteiger charge is -2.33. The zero-order valence-electron chi connectivity index (χ0n) is 25.1. The van der Waals surface area contributed by atoms with Crippen molar-refractivity contribution in [3.05, 3.63) is 92.7 Å². The molecule has 0 bridgehead atoms. The number of rotatable bonds is 11. The smallest absolute Gasteiger partial charge is 0.273 e. The number of halogens is 2. The highest BCUT2D eigenvalue weighted by molar-refractivity contribution is 7.92. The van der Waals surface area contributed by atoms with Crippen LogP contribution in [0, 0.1) is 22.9 Å². The number of ether oxygens (including phenoxy) is 1. The van der Waals surface area contributed by atoms with Gasteiger partial charge in [0.05, 0.1) is 22.6 Å². The molecule has 2 amide bonds. The average molecular weight is 649 g/mol. The molecule has 3 aromatic rings. The lowest BCUT2D eigenvalue weighted by Crippen LogP contribution is -2.54. The molecule has 11 nitrogen and oxygen atoms in total. The fraction of sp³-hybridized carbons (Fsp3) is 0.333. The van der Waals surface area contributed by atoms with Crippen molar-refractivity contribution in [2.45, 2.75) is 57.6 Å². The predicted octanol–water partition coefficient (Wildman–Crippen LogP) is 5.23. The molecule has 0 fully saturated rings. The van der Waals surface area contributed by atoms with Crippen LogP contribution in [-0.2, 0) is 26.2 Å². The fourth-order valence-electron chi connectivity index (χ4n) is 4.31. The Morgan fingerprint density at radius 1 is 1.11 bits per heavy atom. The molecule has 0 radical (unpaired) electrons. The van der Waals surface area contributed by atoms with Crippen LogP contribution < -0.4 is 14.4 Å². The Balaban J connectivity index is 2.18. The first-order chi connectivity index (χ1) is 20.5. The van der Waals surface area contributed by atoms with E-state index >= 15 is 0 Å². The third-order valence-corrected chi connectivity index (χ3v) is 8.61. The quantitative estimate of drug-likeness (QED) is 0.222. The number of nitro groups is 1. The van der Waals surface area contributed by atoms with Crippen molar-refractivity contribution in [3.8, 4) is 5.75 Å². The van der Waals surface area contributed by atoms with E-state index < -0.39 is 61.3 Å². The van der Waals surface area contributed by atoms with Crippen molar-refractivity contribution >= 4 is 44.8 Å². The van der Waals surface area contributed by atoms with Gasteiger partial charge in [0.25, 0.3) is 15.7 Å². The fourth-order valence-corrected chi connectivity index (χ4v) is 5.92. The van der Waals surface area contributed by atoms with Crippen molar-refractivity contribution in [1.29, 1.82) is 0 Å². The SMILES string of the molecule is COc1ccc(Cl)cc1N(CC(=O)N(Cc1ccccc1F)[C@@H](C)C(=O)NC(C)(C)C)S(=O)(=O)c1ccc(C)c([N+](=O)[O-])c1. The van der Waals surface area contributed by atoms with Gasteiger partial charge in [-0.15, -0.1) is 0 Å². The van der Waals surface area contributed by atoms with E-state index in [0.29, 0.717) is 4.31 Å². The van der Waals surface area contributed by atoms with Gasteiger partial charge in [-0.05, 0) is 65.0 Å². The summed E-state index contributed by atoms with van der Waals surface area (Å²) in [6, 6.07) is 12.0. The molecule has 236 valence electrons. The predicted molar refractivity (Wildman–Crippen MR) is 165 cm³/mol. The minimum absolute atomic E-state index is 0.0339. The van der Waals surface area contributed by atoms with Crippen LogP contribution in [0.25, 0.3) is 0 Å². The Morgan fingerprint density at radius 3 is 2.36 bits per heavy atom. The number of carbonyl (C=O) groups excluding carboxylic acids is 2. The van der Waals surface area contributed by atoms with E-state index in [-0.39, 0.29) is 34.1 Å². The maximum absolute atomic E-state index is 14.7. The van der Waals surface area contributed by atoms with E-state index in [9.17, 15) is 32.5 Å². The van der Waals surface area contributed by atoms with Gasteiger partial charge in [0.2, 0.25) is 11.8 Å². The number of hydrogen-bond donors (Lipinski definition) is 1. The number of anilines is 1. The minimum Gasteiger partial charge on any atom is -0.495 e. The zero-order valence-corrected chi connectivity index (χ0v) is 26.7. The number of nitro benzene ring substituents is 1. The third-order valence-electron chi connectivity index (χ3n) is 6.62.